The molecule has 1 unspecified atom stereocenters. The number of rotatable bonds is 3. The fraction of sp³-hybridized carbons (Fsp3) is 0.385. The fourth-order valence-corrected chi connectivity index (χ4v) is 2.54. The Bertz CT molecular complexity index is 611. The average molecular weight is 314 g/mol. The maximum Gasteiger partial charge on any atom is 0.331 e. The molecule has 1 amide bonds. The molecule has 0 aliphatic carbocycles. The van der Waals surface area contributed by atoms with Crippen molar-refractivity contribution in [2.24, 2.45) is 0 Å². The third-order valence-electron chi connectivity index (χ3n) is 3.47. The van der Waals surface area contributed by atoms with Gasteiger partial charge in [0.15, 0.2) is 17.0 Å². The number of nitrogens with one attached hydrogen (secondary N) is 1. The first-order valence-electron chi connectivity index (χ1n) is 6.25. The van der Waals surface area contributed by atoms with Crippen LogP contribution in [0.5, 0.6) is 11.5 Å². The molecular formula is C13H12ClNO6. The third-order valence-corrected chi connectivity index (χ3v) is 3.75. The van der Waals surface area contributed by atoms with E-state index in [2.05, 4.69) is 5.32 Å². The number of carbonyl (C=O) groups excluding carboxylic acids is 1. The number of benzene rings is 1. The number of aliphatic carboxylic acids is 1. The maximum absolute atomic E-state index is 12.3. The minimum absolute atomic E-state index is 0.0348. The summed E-state index contributed by atoms with van der Waals surface area (Å²) in [6.45, 7) is 0.258. The summed E-state index contributed by atoms with van der Waals surface area (Å²) in [5.74, 6) is -0.937. The lowest BCUT2D eigenvalue weighted by Crippen LogP contribution is -2.55. The van der Waals surface area contributed by atoms with Crippen LogP contribution in [0.15, 0.2) is 12.1 Å². The summed E-state index contributed by atoms with van der Waals surface area (Å²) in [4.78, 5) is 23.7. The molecule has 112 valence electrons. The number of amides is 1. The summed E-state index contributed by atoms with van der Waals surface area (Å²) in [6, 6.07) is 2.88. The molecular weight excluding hydrogens is 302 g/mol. The van der Waals surface area contributed by atoms with E-state index < -0.39 is 17.4 Å². The second-order valence-corrected chi connectivity index (χ2v) is 5.24. The molecule has 2 heterocycles. The number of fused-ring (bicyclic) bond motifs is 1. The van der Waals surface area contributed by atoms with Crippen LogP contribution in [0, 0.1) is 0 Å². The van der Waals surface area contributed by atoms with Crippen LogP contribution in [0.3, 0.4) is 0 Å². The Morgan fingerprint density at radius 3 is 2.81 bits per heavy atom. The third kappa shape index (κ3) is 2.38. The number of halogens is 1. The van der Waals surface area contributed by atoms with E-state index in [9.17, 15) is 14.7 Å². The number of carboxylic acid groups (broad SMARTS) is 1. The second-order valence-electron chi connectivity index (χ2n) is 4.84. The molecule has 0 radical (unpaired) electrons. The van der Waals surface area contributed by atoms with E-state index in [4.69, 9.17) is 25.8 Å². The molecule has 3 rings (SSSR count). The first-order chi connectivity index (χ1) is 10.0. The van der Waals surface area contributed by atoms with Gasteiger partial charge in [-0.05, 0) is 12.1 Å². The minimum Gasteiger partial charge on any atom is -0.479 e. The van der Waals surface area contributed by atoms with Gasteiger partial charge in [0.2, 0.25) is 6.79 Å². The summed E-state index contributed by atoms with van der Waals surface area (Å²) in [6.07, 6.45) is 0.215. The minimum atomic E-state index is -1.40. The second kappa shape index (κ2) is 5.09. The normalized spacial score (nSPS) is 23.1. The van der Waals surface area contributed by atoms with Crippen LogP contribution >= 0.6 is 11.6 Å². The van der Waals surface area contributed by atoms with Gasteiger partial charge in [-0.1, -0.05) is 11.6 Å². The Hall–Kier alpha value is -1.99. The number of carbonyl (C=O) groups is 2. The van der Waals surface area contributed by atoms with Gasteiger partial charge < -0.3 is 24.6 Å². The summed E-state index contributed by atoms with van der Waals surface area (Å²) in [5.41, 5.74) is -1.20. The highest BCUT2D eigenvalue weighted by molar-refractivity contribution is 6.32. The van der Waals surface area contributed by atoms with Crippen molar-refractivity contribution in [3.8, 4) is 11.5 Å². The quantitative estimate of drug-likeness (QED) is 0.866. The first-order valence-corrected chi connectivity index (χ1v) is 6.62. The monoisotopic (exact) mass is 313 g/mol. The van der Waals surface area contributed by atoms with Crippen molar-refractivity contribution in [2.45, 2.75) is 12.0 Å². The molecule has 0 aromatic heterocycles. The van der Waals surface area contributed by atoms with Crippen LogP contribution in [-0.4, -0.2) is 42.5 Å². The molecule has 2 N–H and O–H groups in total. The first kappa shape index (κ1) is 14.0. The van der Waals surface area contributed by atoms with Gasteiger partial charge in [0.25, 0.3) is 5.91 Å². The Kier molecular flexibility index (Phi) is 3.38. The maximum atomic E-state index is 12.3. The highest BCUT2D eigenvalue weighted by atomic mass is 35.5. The number of carboxylic acids is 1. The van der Waals surface area contributed by atoms with Crippen molar-refractivity contribution in [1.82, 2.24) is 5.32 Å². The van der Waals surface area contributed by atoms with Gasteiger partial charge in [-0.15, -0.1) is 0 Å². The summed E-state index contributed by atoms with van der Waals surface area (Å²) < 4.78 is 15.4. The van der Waals surface area contributed by atoms with E-state index >= 15 is 0 Å². The molecule has 0 spiro atoms. The Labute approximate surface area is 124 Å². The zero-order chi connectivity index (χ0) is 15.0. The lowest BCUT2D eigenvalue weighted by Gasteiger charge is -2.23. The van der Waals surface area contributed by atoms with Crippen molar-refractivity contribution in [1.29, 1.82) is 0 Å². The van der Waals surface area contributed by atoms with Crippen molar-refractivity contribution in [3.05, 3.63) is 22.7 Å². The van der Waals surface area contributed by atoms with Gasteiger partial charge in [-0.25, -0.2) is 4.79 Å². The van der Waals surface area contributed by atoms with E-state index in [1.54, 1.807) is 0 Å². The lowest BCUT2D eigenvalue weighted by molar-refractivity contribution is -0.144. The molecule has 8 heteroatoms. The molecule has 7 nitrogen and oxygen atoms in total. The Morgan fingerprint density at radius 1 is 1.33 bits per heavy atom. The van der Waals surface area contributed by atoms with Crippen molar-refractivity contribution in [3.63, 3.8) is 0 Å². The summed E-state index contributed by atoms with van der Waals surface area (Å²) in [7, 11) is 0. The number of hydrogen-bond donors (Lipinski definition) is 2. The smallest absolute Gasteiger partial charge is 0.331 e. The molecule has 21 heavy (non-hydrogen) atoms. The fourth-order valence-electron chi connectivity index (χ4n) is 2.27. The zero-order valence-corrected chi connectivity index (χ0v) is 11.6. The highest BCUT2D eigenvalue weighted by Crippen LogP contribution is 2.39. The molecule has 2 aliphatic rings. The predicted octanol–water partition coefficient (Wildman–Crippen LogP) is 1.04. The van der Waals surface area contributed by atoms with Crippen molar-refractivity contribution >= 4 is 23.5 Å². The van der Waals surface area contributed by atoms with Crippen molar-refractivity contribution in [2.75, 3.05) is 20.0 Å². The summed E-state index contributed by atoms with van der Waals surface area (Å²) >= 11 is 6.01. The van der Waals surface area contributed by atoms with Crippen LogP contribution in [0.2, 0.25) is 5.02 Å². The molecule has 1 saturated heterocycles. The van der Waals surface area contributed by atoms with Gasteiger partial charge >= 0.3 is 5.97 Å². The lowest BCUT2D eigenvalue weighted by atomic mass is 9.98. The van der Waals surface area contributed by atoms with Crippen LogP contribution in [0.4, 0.5) is 0 Å². The standard InChI is InChI=1S/C13H12ClNO6/c14-8-3-7(4-9-10(8)21-6-20-9)11(16)15-13(12(17)18)1-2-19-5-13/h3-4H,1-2,5-6H2,(H,15,16)(H,17,18). The van der Waals surface area contributed by atoms with Crippen molar-refractivity contribution < 1.29 is 28.9 Å². The zero-order valence-electron chi connectivity index (χ0n) is 10.8. The highest BCUT2D eigenvalue weighted by Gasteiger charge is 2.44. The topological polar surface area (TPSA) is 94.1 Å². The van der Waals surface area contributed by atoms with Crippen LogP contribution in [0.1, 0.15) is 16.8 Å². The molecule has 0 bridgehead atoms. The Morgan fingerprint density at radius 2 is 2.14 bits per heavy atom. The van der Waals surface area contributed by atoms with E-state index in [0.717, 1.165) is 0 Å². The van der Waals surface area contributed by atoms with Crippen LogP contribution in [0.25, 0.3) is 0 Å². The largest absolute Gasteiger partial charge is 0.479 e. The van der Waals surface area contributed by atoms with Gasteiger partial charge in [0.1, 0.15) is 0 Å². The van der Waals surface area contributed by atoms with Crippen LogP contribution < -0.4 is 14.8 Å². The number of ether oxygens (including phenoxy) is 3. The molecule has 1 fully saturated rings. The predicted molar refractivity (Wildman–Crippen MR) is 70.8 cm³/mol. The molecule has 1 aromatic rings. The van der Waals surface area contributed by atoms with E-state index in [1.807, 2.05) is 0 Å². The van der Waals surface area contributed by atoms with Gasteiger partial charge in [0, 0.05) is 18.6 Å². The SMILES string of the molecule is O=C(NC1(C(=O)O)CCOC1)c1cc(Cl)c2c(c1)OCO2. The van der Waals surface area contributed by atoms with E-state index in [1.165, 1.54) is 12.1 Å². The number of hydrogen-bond acceptors (Lipinski definition) is 5. The molecule has 0 saturated carbocycles. The van der Waals surface area contributed by atoms with Crippen LogP contribution in [-0.2, 0) is 9.53 Å². The van der Waals surface area contributed by atoms with Gasteiger partial charge in [0.05, 0.1) is 11.6 Å². The average Bonchev–Trinajstić information content (AvgIpc) is 3.07. The molecule has 1 aromatic carbocycles. The Balaban J connectivity index is 1.86. The molecule has 1 atom stereocenters. The van der Waals surface area contributed by atoms with Gasteiger partial charge in [-0.3, -0.25) is 4.79 Å². The molecule has 2 aliphatic heterocycles. The van der Waals surface area contributed by atoms with E-state index in [-0.39, 0.29) is 37.0 Å². The summed E-state index contributed by atoms with van der Waals surface area (Å²) in [5, 5.41) is 12.0. The van der Waals surface area contributed by atoms with Gasteiger partial charge in [-0.2, -0.15) is 0 Å². The van der Waals surface area contributed by atoms with E-state index in [0.29, 0.717) is 11.5 Å².